The van der Waals surface area contributed by atoms with Gasteiger partial charge in [0.15, 0.2) is 0 Å². The summed E-state index contributed by atoms with van der Waals surface area (Å²) in [4.78, 5) is 4.19. The fourth-order valence-electron chi connectivity index (χ4n) is 2.17. The Morgan fingerprint density at radius 3 is 2.88 bits per heavy atom. The minimum Gasteiger partial charge on any atom is -0.385 e. The number of pyridine rings is 1. The van der Waals surface area contributed by atoms with Gasteiger partial charge in [-0.1, -0.05) is 13.0 Å². The third kappa shape index (κ3) is 2.56. The lowest BCUT2D eigenvalue weighted by Gasteiger charge is -2.33. The zero-order valence-electron chi connectivity index (χ0n) is 9.98. The van der Waals surface area contributed by atoms with Gasteiger partial charge in [-0.25, -0.2) is 4.98 Å². The topological polar surface area (TPSA) is 62.2 Å². The molecule has 17 heavy (non-hydrogen) atoms. The highest BCUT2D eigenvalue weighted by Gasteiger charge is 2.34. The number of nitrogens with one attached hydrogen (secondary N) is 1. The van der Waals surface area contributed by atoms with E-state index in [-0.39, 0.29) is 0 Å². The van der Waals surface area contributed by atoms with Crippen molar-refractivity contribution in [1.29, 1.82) is 0 Å². The van der Waals surface area contributed by atoms with Gasteiger partial charge >= 0.3 is 0 Å². The molecular formula is C12H18N2O2S. The van der Waals surface area contributed by atoms with Crippen LogP contribution in [0.25, 0.3) is 0 Å². The van der Waals surface area contributed by atoms with E-state index in [1.807, 2.05) is 13.0 Å². The zero-order valence-corrected chi connectivity index (χ0v) is 10.8. The van der Waals surface area contributed by atoms with Gasteiger partial charge in [-0.15, -0.1) is 0 Å². The average Bonchev–Trinajstić information content (AvgIpc) is 2.39. The molecule has 1 saturated heterocycles. The Morgan fingerprint density at radius 2 is 2.24 bits per heavy atom. The van der Waals surface area contributed by atoms with E-state index >= 15 is 0 Å². The van der Waals surface area contributed by atoms with Crippen LogP contribution in [0.5, 0.6) is 0 Å². The molecule has 1 aliphatic heterocycles. The molecule has 2 rings (SSSR count). The summed E-state index contributed by atoms with van der Waals surface area (Å²) in [6.45, 7) is 3.42. The zero-order chi connectivity index (χ0) is 12.3. The largest absolute Gasteiger partial charge is 0.385 e. The van der Waals surface area contributed by atoms with Gasteiger partial charge < -0.3 is 10.4 Å². The van der Waals surface area contributed by atoms with Gasteiger partial charge in [0.25, 0.3) is 0 Å². The lowest BCUT2D eigenvalue weighted by atomic mass is 9.86. The van der Waals surface area contributed by atoms with Crippen molar-refractivity contribution in [2.24, 2.45) is 0 Å². The first-order chi connectivity index (χ1) is 8.17. The average molecular weight is 254 g/mol. The molecule has 0 spiro atoms. The third-order valence-electron chi connectivity index (χ3n) is 3.18. The van der Waals surface area contributed by atoms with E-state index in [1.165, 1.54) is 0 Å². The first-order valence-corrected chi connectivity index (χ1v) is 7.26. The number of hydrogen-bond donors (Lipinski definition) is 2. The summed E-state index contributed by atoms with van der Waals surface area (Å²) in [5.74, 6) is 0.526. The Labute approximate surface area is 104 Å². The molecule has 94 valence electrons. The minimum atomic E-state index is -1.12. The number of aliphatic hydroxyl groups is 1. The molecule has 0 bridgehead atoms. The van der Waals surface area contributed by atoms with E-state index in [0.29, 0.717) is 23.6 Å². The first kappa shape index (κ1) is 12.7. The van der Waals surface area contributed by atoms with Crippen molar-refractivity contribution in [1.82, 2.24) is 10.3 Å². The van der Waals surface area contributed by atoms with Crippen molar-refractivity contribution in [3.63, 3.8) is 0 Å². The SMILES string of the molecule is CCS(=O)c1ncccc1C1(O)CCNCC1. The Kier molecular flexibility index (Phi) is 3.91. The molecule has 1 atom stereocenters. The number of piperidine rings is 1. The fourth-order valence-corrected chi connectivity index (χ4v) is 3.13. The molecule has 0 aromatic carbocycles. The summed E-state index contributed by atoms with van der Waals surface area (Å²) in [7, 11) is -1.12. The normalized spacial score (nSPS) is 21.1. The highest BCUT2D eigenvalue weighted by atomic mass is 32.2. The van der Waals surface area contributed by atoms with Crippen molar-refractivity contribution >= 4 is 10.8 Å². The Bertz CT molecular complexity index is 417. The van der Waals surface area contributed by atoms with Crippen LogP contribution in [0.15, 0.2) is 23.4 Å². The number of hydrogen-bond acceptors (Lipinski definition) is 4. The molecule has 5 heteroatoms. The quantitative estimate of drug-likeness (QED) is 0.837. The molecule has 4 nitrogen and oxygen atoms in total. The lowest BCUT2D eigenvalue weighted by Crippen LogP contribution is -2.40. The molecular weight excluding hydrogens is 236 g/mol. The van der Waals surface area contributed by atoms with Gasteiger partial charge in [0.1, 0.15) is 5.03 Å². The van der Waals surface area contributed by atoms with Gasteiger partial charge in [0, 0.05) is 17.5 Å². The van der Waals surface area contributed by atoms with Gasteiger partial charge in [-0.05, 0) is 32.0 Å². The first-order valence-electron chi connectivity index (χ1n) is 5.94. The predicted molar refractivity (Wildman–Crippen MR) is 67.2 cm³/mol. The van der Waals surface area contributed by atoms with Gasteiger partial charge in [0.05, 0.1) is 16.4 Å². The van der Waals surface area contributed by atoms with E-state index in [2.05, 4.69) is 10.3 Å². The Morgan fingerprint density at radius 1 is 1.53 bits per heavy atom. The van der Waals surface area contributed by atoms with Crippen LogP contribution in [0.4, 0.5) is 0 Å². The summed E-state index contributed by atoms with van der Waals surface area (Å²) < 4.78 is 11.9. The second-order valence-electron chi connectivity index (χ2n) is 4.27. The van der Waals surface area contributed by atoms with Crippen molar-refractivity contribution in [3.05, 3.63) is 23.9 Å². The summed E-state index contributed by atoms with van der Waals surface area (Å²) >= 11 is 0. The highest BCUT2D eigenvalue weighted by molar-refractivity contribution is 7.85. The summed E-state index contributed by atoms with van der Waals surface area (Å²) in [6, 6.07) is 3.65. The van der Waals surface area contributed by atoms with Crippen LogP contribution in [0.1, 0.15) is 25.3 Å². The molecule has 1 aromatic heterocycles. The number of aromatic nitrogens is 1. The van der Waals surface area contributed by atoms with Crippen molar-refractivity contribution in [3.8, 4) is 0 Å². The molecule has 0 aliphatic carbocycles. The van der Waals surface area contributed by atoms with E-state index in [4.69, 9.17) is 0 Å². The monoisotopic (exact) mass is 254 g/mol. The molecule has 0 saturated carbocycles. The Hall–Kier alpha value is -0.780. The van der Waals surface area contributed by atoms with Gasteiger partial charge in [-0.3, -0.25) is 4.21 Å². The maximum absolute atomic E-state index is 11.9. The van der Waals surface area contributed by atoms with Crippen LogP contribution in [0, 0.1) is 0 Å². The Balaban J connectivity index is 2.40. The van der Waals surface area contributed by atoms with Crippen LogP contribution in [-0.2, 0) is 16.4 Å². The molecule has 1 unspecified atom stereocenters. The van der Waals surface area contributed by atoms with Crippen molar-refractivity contribution in [2.75, 3.05) is 18.8 Å². The highest BCUT2D eigenvalue weighted by Crippen LogP contribution is 2.33. The molecule has 1 aromatic rings. The van der Waals surface area contributed by atoms with E-state index in [0.717, 1.165) is 18.7 Å². The minimum absolute atomic E-state index is 0.526. The van der Waals surface area contributed by atoms with E-state index in [1.54, 1.807) is 12.3 Å². The third-order valence-corrected chi connectivity index (χ3v) is 4.46. The molecule has 0 radical (unpaired) electrons. The van der Waals surface area contributed by atoms with Crippen molar-refractivity contribution < 1.29 is 9.32 Å². The standard InChI is InChI=1S/C12H18N2O2S/c1-2-17(16)11-10(4-3-7-14-11)12(15)5-8-13-9-6-12/h3-4,7,13,15H,2,5-6,8-9H2,1H3. The second kappa shape index (κ2) is 5.25. The summed E-state index contributed by atoms with van der Waals surface area (Å²) in [5.41, 5.74) is -0.138. The summed E-state index contributed by atoms with van der Waals surface area (Å²) in [5, 5.41) is 14.4. The van der Waals surface area contributed by atoms with Crippen LogP contribution < -0.4 is 5.32 Å². The fraction of sp³-hybridized carbons (Fsp3) is 0.583. The lowest BCUT2D eigenvalue weighted by molar-refractivity contribution is 0.00283. The molecule has 2 N–H and O–H groups in total. The van der Waals surface area contributed by atoms with Crippen LogP contribution in [-0.4, -0.2) is 33.1 Å². The molecule has 0 amide bonds. The van der Waals surface area contributed by atoms with Gasteiger partial charge in [-0.2, -0.15) is 0 Å². The maximum Gasteiger partial charge on any atom is 0.133 e. The predicted octanol–water partition coefficient (Wildman–Crippen LogP) is 0.780. The molecule has 1 fully saturated rings. The maximum atomic E-state index is 11.9. The van der Waals surface area contributed by atoms with E-state index < -0.39 is 16.4 Å². The van der Waals surface area contributed by atoms with Crippen molar-refractivity contribution in [2.45, 2.75) is 30.4 Å². The number of rotatable bonds is 3. The molecule has 1 aliphatic rings. The van der Waals surface area contributed by atoms with Crippen LogP contribution >= 0.6 is 0 Å². The van der Waals surface area contributed by atoms with E-state index in [9.17, 15) is 9.32 Å². The summed E-state index contributed by atoms with van der Waals surface area (Å²) in [6.07, 6.45) is 2.93. The second-order valence-corrected chi connectivity index (χ2v) is 5.93. The molecule has 2 heterocycles. The van der Waals surface area contributed by atoms with Crippen LogP contribution in [0.3, 0.4) is 0 Å². The smallest absolute Gasteiger partial charge is 0.133 e. The van der Waals surface area contributed by atoms with Crippen LogP contribution in [0.2, 0.25) is 0 Å². The number of nitrogens with zero attached hydrogens (tertiary/aromatic N) is 1. The van der Waals surface area contributed by atoms with Gasteiger partial charge in [0.2, 0.25) is 0 Å².